The van der Waals surface area contributed by atoms with Crippen molar-refractivity contribution in [2.45, 2.75) is 40.5 Å². The third-order valence-electron chi connectivity index (χ3n) is 6.22. The standard InChI is InChI=1S/C27H21.C5H5.C3H6.2ClH.Zr/c1-18-13-22-15-23-14-19(2)25(21-11-7-4-8-12-21)17-27(23)26(22)16-24(18)20-9-5-3-6-10-20;1-2-4-5-3-1;1-3-2;;;/h3-13,16-17H,15H2,1-2H3;1-3H,4H2;1-2H3;2*1H;/q2*-1;;;;+2/p-2. The Kier molecular flexibility index (Phi) is 12.9. The minimum Gasteiger partial charge on any atom is -1.00 e. The van der Waals surface area contributed by atoms with Crippen molar-refractivity contribution in [1.82, 2.24) is 0 Å². The van der Waals surface area contributed by atoms with Gasteiger partial charge in [-0.1, -0.05) is 90.8 Å². The van der Waals surface area contributed by atoms with Crippen molar-refractivity contribution in [2.75, 3.05) is 0 Å². The first kappa shape index (κ1) is 31.9. The van der Waals surface area contributed by atoms with Gasteiger partial charge in [0.1, 0.15) is 0 Å². The molecule has 2 aliphatic rings. The molecule has 0 aromatic heterocycles. The fourth-order valence-electron chi connectivity index (χ4n) is 4.62. The van der Waals surface area contributed by atoms with Crippen LogP contribution in [0.4, 0.5) is 0 Å². The van der Waals surface area contributed by atoms with Gasteiger partial charge in [0.05, 0.1) is 0 Å². The average Bonchev–Trinajstić information content (AvgIpc) is 3.55. The quantitative estimate of drug-likeness (QED) is 0.269. The maximum atomic E-state index is 3.68. The van der Waals surface area contributed by atoms with E-state index >= 15 is 0 Å². The summed E-state index contributed by atoms with van der Waals surface area (Å²) >= 11 is 1.55. The molecule has 192 valence electrons. The first-order chi connectivity index (χ1) is 17.4. The summed E-state index contributed by atoms with van der Waals surface area (Å²) in [6.07, 6.45) is 11.0. The van der Waals surface area contributed by atoms with Crippen LogP contribution < -0.4 is 24.8 Å². The normalized spacial score (nSPS) is 11.5. The van der Waals surface area contributed by atoms with Crippen LogP contribution in [-0.4, -0.2) is 3.21 Å². The Labute approximate surface area is 256 Å². The molecular weight excluding hydrogens is 583 g/mol. The van der Waals surface area contributed by atoms with Gasteiger partial charge >= 0.3 is 41.3 Å². The molecule has 38 heavy (non-hydrogen) atoms. The zero-order valence-corrected chi connectivity index (χ0v) is 26.4. The van der Waals surface area contributed by atoms with E-state index in [1.165, 1.54) is 58.8 Å². The molecule has 0 fully saturated rings. The monoisotopic (exact) mass is 612 g/mol. The summed E-state index contributed by atoms with van der Waals surface area (Å²) in [5.41, 5.74) is 13.2. The molecule has 0 amide bonds. The van der Waals surface area contributed by atoms with Gasteiger partial charge in [0.15, 0.2) is 0 Å². The van der Waals surface area contributed by atoms with Crippen LogP contribution in [0.15, 0.2) is 97.1 Å². The zero-order valence-electron chi connectivity index (χ0n) is 22.4. The SMILES string of the molecule is C[C](C)=[Zr+2].Cc1[c-]c2c(cc1-c1ccccc1)-c1cc(-c3ccccc3)c(C)cc1C2.[C-]1=CC=CC1.[Cl-].[Cl-]. The largest absolute Gasteiger partial charge is 1.00 e. The molecule has 6 rings (SSSR count). The van der Waals surface area contributed by atoms with Gasteiger partial charge in [0, 0.05) is 0 Å². The van der Waals surface area contributed by atoms with E-state index in [1.807, 2.05) is 12.2 Å². The van der Waals surface area contributed by atoms with Gasteiger partial charge < -0.3 is 24.8 Å². The summed E-state index contributed by atoms with van der Waals surface area (Å²) < 4.78 is 1.51. The summed E-state index contributed by atoms with van der Waals surface area (Å²) in [6.45, 7) is 8.64. The smallest absolute Gasteiger partial charge is 0.0159 e. The van der Waals surface area contributed by atoms with Crippen LogP contribution in [0.5, 0.6) is 0 Å². The second kappa shape index (κ2) is 15.3. The predicted molar refractivity (Wildman–Crippen MR) is 152 cm³/mol. The minimum absolute atomic E-state index is 0. The number of aryl methyl sites for hydroxylation is 2. The van der Waals surface area contributed by atoms with E-state index in [0.29, 0.717) is 0 Å². The van der Waals surface area contributed by atoms with Crippen LogP contribution >= 0.6 is 0 Å². The van der Waals surface area contributed by atoms with Gasteiger partial charge in [-0.15, -0.1) is 23.1 Å². The molecule has 4 aromatic carbocycles. The molecule has 0 saturated heterocycles. The molecule has 0 aliphatic heterocycles. The van der Waals surface area contributed by atoms with Gasteiger partial charge in [0.25, 0.3) is 0 Å². The Morgan fingerprint density at radius 3 is 1.79 bits per heavy atom. The molecule has 0 bridgehead atoms. The van der Waals surface area contributed by atoms with E-state index in [2.05, 4.69) is 125 Å². The van der Waals surface area contributed by atoms with E-state index in [9.17, 15) is 0 Å². The van der Waals surface area contributed by atoms with E-state index in [-0.39, 0.29) is 24.8 Å². The molecule has 2 aliphatic carbocycles. The fraction of sp³-hybridized carbons (Fsp3) is 0.171. The number of halogens is 2. The van der Waals surface area contributed by atoms with E-state index in [0.717, 1.165) is 12.8 Å². The molecule has 0 unspecified atom stereocenters. The molecule has 4 aromatic rings. The second-order valence-electron chi connectivity index (χ2n) is 9.44. The van der Waals surface area contributed by atoms with Crippen molar-refractivity contribution in [3.8, 4) is 33.4 Å². The number of hydrogen-bond acceptors (Lipinski definition) is 0. The first-order valence-electron chi connectivity index (χ1n) is 12.5. The molecule has 0 atom stereocenters. The summed E-state index contributed by atoms with van der Waals surface area (Å²) in [5.74, 6) is 0. The Morgan fingerprint density at radius 2 is 1.29 bits per heavy atom. The number of rotatable bonds is 2. The van der Waals surface area contributed by atoms with Crippen molar-refractivity contribution in [1.29, 1.82) is 0 Å². The van der Waals surface area contributed by atoms with Crippen LogP contribution in [0.1, 0.15) is 42.5 Å². The average molecular weight is 615 g/mol. The summed E-state index contributed by atoms with van der Waals surface area (Å²) in [4.78, 5) is 0. The van der Waals surface area contributed by atoms with E-state index in [4.69, 9.17) is 0 Å². The van der Waals surface area contributed by atoms with Gasteiger partial charge in [-0.05, 0) is 35.6 Å². The van der Waals surface area contributed by atoms with E-state index in [1.54, 1.807) is 24.2 Å². The van der Waals surface area contributed by atoms with Crippen molar-refractivity contribution in [3.05, 3.63) is 131 Å². The van der Waals surface area contributed by atoms with Crippen molar-refractivity contribution in [3.63, 3.8) is 0 Å². The second-order valence-corrected chi connectivity index (χ2v) is 11.9. The molecule has 0 spiro atoms. The third-order valence-corrected chi connectivity index (χ3v) is 6.22. The van der Waals surface area contributed by atoms with Crippen molar-refractivity contribution < 1.29 is 49.0 Å². The van der Waals surface area contributed by atoms with Crippen LogP contribution in [0.2, 0.25) is 0 Å². The van der Waals surface area contributed by atoms with Crippen LogP contribution in [0.25, 0.3) is 33.4 Å². The Balaban J connectivity index is 0.000000398. The van der Waals surface area contributed by atoms with Gasteiger partial charge in [-0.25, -0.2) is 12.2 Å². The molecule has 3 heteroatoms. The number of benzene rings is 4. The van der Waals surface area contributed by atoms with Crippen molar-refractivity contribution in [2.24, 2.45) is 0 Å². The van der Waals surface area contributed by atoms with Gasteiger partial charge in [-0.2, -0.15) is 23.8 Å². The van der Waals surface area contributed by atoms with Crippen LogP contribution in [0, 0.1) is 26.0 Å². The summed E-state index contributed by atoms with van der Waals surface area (Å²) in [6, 6.07) is 32.1. The molecular formula is C35H32Cl2Zr-2. The topological polar surface area (TPSA) is 0 Å². The number of allylic oxidation sites excluding steroid dienone is 4. The van der Waals surface area contributed by atoms with Gasteiger partial charge in [0.2, 0.25) is 0 Å². The molecule has 0 heterocycles. The number of fused-ring (bicyclic) bond motifs is 3. The van der Waals surface area contributed by atoms with Gasteiger partial charge in [-0.3, -0.25) is 6.08 Å². The van der Waals surface area contributed by atoms with Crippen LogP contribution in [-0.2, 0) is 30.7 Å². The maximum Gasteiger partial charge on any atom is -0.0159 e. The van der Waals surface area contributed by atoms with Crippen LogP contribution in [0.3, 0.4) is 0 Å². The molecule has 0 N–H and O–H groups in total. The van der Waals surface area contributed by atoms with Crippen molar-refractivity contribution >= 4 is 3.21 Å². The molecule has 0 radical (unpaired) electrons. The Bertz CT molecular complexity index is 1310. The zero-order chi connectivity index (χ0) is 25.5. The first-order valence-corrected chi connectivity index (χ1v) is 13.7. The fourth-order valence-corrected chi connectivity index (χ4v) is 4.62. The number of hydrogen-bond donors (Lipinski definition) is 0. The predicted octanol–water partition coefficient (Wildman–Crippen LogP) is 3.07. The molecule has 0 saturated carbocycles. The van der Waals surface area contributed by atoms with E-state index < -0.39 is 0 Å². The molecule has 0 nitrogen and oxygen atoms in total. The maximum absolute atomic E-state index is 3.68. The summed E-state index contributed by atoms with van der Waals surface area (Å²) in [5, 5.41) is 0. The third kappa shape index (κ3) is 8.10. The Hall–Kier alpha value is -2.31. The Morgan fingerprint density at radius 1 is 0.737 bits per heavy atom. The summed E-state index contributed by atoms with van der Waals surface area (Å²) in [7, 11) is 0. The minimum atomic E-state index is 0.